The molecule has 0 aliphatic carbocycles. The van der Waals surface area contributed by atoms with Gasteiger partial charge < -0.3 is 15.2 Å². The number of aromatic nitrogens is 1. The van der Waals surface area contributed by atoms with Gasteiger partial charge in [-0.15, -0.1) is 0 Å². The molecule has 1 aliphatic heterocycles. The number of carbonyl (C=O) groups excluding carboxylic acids is 1. The first-order chi connectivity index (χ1) is 11.0. The van der Waals surface area contributed by atoms with Gasteiger partial charge in [-0.05, 0) is 50.5 Å². The maximum atomic E-state index is 12.5. The minimum atomic E-state index is 0.00336. The number of nitrogens with zero attached hydrogens (tertiary/aromatic N) is 1. The van der Waals surface area contributed by atoms with Gasteiger partial charge in [-0.1, -0.05) is 18.2 Å². The highest BCUT2D eigenvalue weighted by Gasteiger charge is 2.17. The minimum Gasteiger partial charge on any atom is -0.348 e. The average molecular weight is 311 g/mol. The zero-order chi connectivity index (χ0) is 16.6. The van der Waals surface area contributed by atoms with Gasteiger partial charge in [0.2, 0.25) is 0 Å². The Morgan fingerprint density at radius 2 is 1.96 bits per heavy atom. The number of fused-ring (bicyclic) bond motifs is 1. The zero-order valence-electron chi connectivity index (χ0n) is 14.4. The third-order valence-electron chi connectivity index (χ3n) is 4.60. The summed E-state index contributed by atoms with van der Waals surface area (Å²) in [5.74, 6) is 0.00336. The Kier molecular flexibility index (Phi) is 4.26. The van der Waals surface area contributed by atoms with Gasteiger partial charge in [0, 0.05) is 37.1 Å². The summed E-state index contributed by atoms with van der Waals surface area (Å²) in [5, 5.41) is 6.40. The van der Waals surface area contributed by atoms with Gasteiger partial charge in [-0.2, -0.15) is 0 Å². The lowest BCUT2D eigenvalue weighted by atomic mass is 10.1. The molecule has 2 heterocycles. The molecule has 23 heavy (non-hydrogen) atoms. The van der Waals surface area contributed by atoms with Crippen molar-refractivity contribution in [1.29, 1.82) is 0 Å². The quantitative estimate of drug-likeness (QED) is 0.910. The SMILES string of the molecule is Cc1cc(C(=O)NCc2ccc3c(c2)CNC3)c(C)n1C(C)C. The molecule has 0 unspecified atom stereocenters. The molecule has 122 valence electrons. The number of hydrogen-bond donors (Lipinski definition) is 2. The van der Waals surface area contributed by atoms with E-state index in [2.05, 4.69) is 54.2 Å². The van der Waals surface area contributed by atoms with Gasteiger partial charge in [0.15, 0.2) is 0 Å². The van der Waals surface area contributed by atoms with Gasteiger partial charge in [0.25, 0.3) is 5.91 Å². The molecule has 0 radical (unpaired) electrons. The molecule has 0 bridgehead atoms. The molecule has 1 amide bonds. The highest BCUT2D eigenvalue weighted by Crippen LogP contribution is 2.20. The second kappa shape index (κ2) is 6.20. The Balaban J connectivity index is 1.71. The van der Waals surface area contributed by atoms with E-state index < -0.39 is 0 Å². The van der Waals surface area contributed by atoms with Crippen molar-refractivity contribution in [3.8, 4) is 0 Å². The highest BCUT2D eigenvalue weighted by atomic mass is 16.1. The van der Waals surface area contributed by atoms with Crippen molar-refractivity contribution in [3.05, 3.63) is 57.9 Å². The first-order valence-electron chi connectivity index (χ1n) is 8.25. The lowest BCUT2D eigenvalue weighted by Gasteiger charge is -2.13. The first kappa shape index (κ1) is 15.8. The van der Waals surface area contributed by atoms with Crippen LogP contribution in [0.3, 0.4) is 0 Å². The highest BCUT2D eigenvalue weighted by molar-refractivity contribution is 5.95. The third-order valence-corrected chi connectivity index (χ3v) is 4.60. The number of benzene rings is 1. The van der Waals surface area contributed by atoms with Crippen LogP contribution in [0, 0.1) is 13.8 Å². The van der Waals surface area contributed by atoms with E-state index in [0.717, 1.165) is 35.6 Å². The number of aryl methyl sites for hydroxylation is 1. The van der Waals surface area contributed by atoms with Gasteiger partial charge in [-0.3, -0.25) is 4.79 Å². The Morgan fingerprint density at radius 3 is 2.65 bits per heavy atom. The number of nitrogens with one attached hydrogen (secondary N) is 2. The Labute approximate surface area is 137 Å². The maximum Gasteiger partial charge on any atom is 0.253 e. The molecule has 1 aromatic heterocycles. The van der Waals surface area contributed by atoms with Crippen LogP contribution in [0.4, 0.5) is 0 Å². The normalized spacial score (nSPS) is 13.4. The third kappa shape index (κ3) is 3.04. The summed E-state index contributed by atoms with van der Waals surface area (Å²) < 4.78 is 2.20. The molecule has 0 atom stereocenters. The summed E-state index contributed by atoms with van der Waals surface area (Å²) >= 11 is 0. The number of amides is 1. The molecule has 2 aromatic rings. The molecule has 0 fully saturated rings. The number of hydrogen-bond acceptors (Lipinski definition) is 2. The van der Waals surface area contributed by atoms with Gasteiger partial charge >= 0.3 is 0 Å². The smallest absolute Gasteiger partial charge is 0.253 e. The molecular formula is C19H25N3O. The molecule has 1 aliphatic rings. The Morgan fingerprint density at radius 1 is 1.22 bits per heavy atom. The predicted octanol–water partition coefficient (Wildman–Crippen LogP) is 3.22. The van der Waals surface area contributed by atoms with Crippen molar-refractivity contribution in [2.24, 2.45) is 0 Å². The van der Waals surface area contributed by atoms with Crippen LogP contribution < -0.4 is 10.6 Å². The molecule has 0 saturated carbocycles. The van der Waals surface area contributed by atoms with Crippen LogP contribution in [0.25, 0.3) is 0 Å². The van der Waals surface area contributed by atoms with Gasteiger partial charge in [0.05, 0.1) is 5.56 Å². The van der Waals surface area contributed by atoms with Crippen LogP contribution in [-0.4, -0.2) is 10.5 Å². The Bertz CT molecular complexity index is 743. The van der Waals surface area contributed by atoms with Crippen molar-refractivity contribution in [1.82, 2.24) is 15.2 Å². The lowest BCUT2D eigenvalue weighted by Crippen LogP contribution is -2.23. The monoisotopic (exact) mass is 311 g/mol. The summed E-state index contributed by atoms with van der Waals surface area (Å²) in [6.07, 6.45) is 0. The Hall–Kier alpha value is -2.07. The summed E-state index contributed by atoms with van der Waals surface area (Å²) in [7, 11) is 0. The average Bonchev–Trinajstić information content (AvgIpc) is 3.08. The van der Waals surface area contributed by atoms with E-state index in [1.54, 1.807) is 0 Å². The molecular weight excluding hydrogens is 286 g/mol. The minimum absolute atomic E-state index is 0.00336. The van der Waals surface area contributed by atoms with E-state index in [-0.39, 0.29) is 5.91 Å². The van der Waals surface area contributed by atoms with Gasteiger partial charge in [-0.25, -0.2) is 0 Å². The second-order valence-corrected chi connectivity index (χ2v) is 6.64. The van der Waals surface area contributed by atoms with Crippen LogP contribution in [0.2, 0.25) is 0 Å². The second-order valence-electron chi connectivity index (χ2n) is 6.64. The van der Waals surface area contributed by atoms with Crippen molar-refractivity contribution < 1.29 is 4.79 Å². The van der Waals surface area contributed by atoms with Crippen molar-refractivity contribution in [2.75, 3.05) is 0 Å². The largest absolute Gasteiger partial charge is 0.348 e. The van der Waals surface area contributed by atoms with Crippen LogP contribution in [0.15, 0.2) is 24.3 Å². The van der Waals surface area contributed by atoms with Crippen LogP contribution in [0.1, 0.15) is 58.3 Å². The molecule has 0 saturated heterocycles. The van der Waals surface area contributed by atoms with Crippen LogP contribution in [-0.2, 0) is 19.6 Å². The lowest BCUT2D eigenvalue weighted by molar-refractivity contribution is 0.0950. The van der Waals surface area contributed by atoms with Crippen molar-refractivity contribution in [2.45, 2.75) is 53.4 Å². The van der Waals surface area contributed by atoms with Gasteiger partial charge in [0.1, 0.15) is 0 Å². The summed E-state index contributed by atoms with van der Waals surface area (Å²) in [6.45, 7) is 10.8. The fourth-order valence-corrected chi connectivity index (χ4v) is 3.54. The summed E-state index contributed by atoms with van der Waals surface area (Å²) in [6, 6.07) is 8.79. The maximum absolute atomic E-state index is 12.5. The van der Waals surface area contributed by atoms with E-state index in [1.807, 2.05) is 13.0 Å². The van der Waals surface area contributed by atoms with Crippen LogP contribution >= 0.6 is 0 Å². The van der Waals surface area contributed by atoms with E-state index in [4.69, 9.17) is 0 Å². The standard InChI is InChI=1S/C19H25N3O/c1-12(2)22-13(3)7-18(14(22)4)19(23)21-9-15-5-6-16-10-20-11-17(16)8-15/h5-8,12,20H,9-11H2,1-4H3,(H,21,23). The zero-order valence-corrected chi connectivity index (χ0v) is 14.4. The predicted molar refractivity (Wildman–Crippen MR) is 92.4 cm³/mol. The number of carbonyl (C=O) groups is 1. The topological polar surface area (TPSA) is 46.1 Å². The van der Waals surface area contributed by atoms with Crippen molar-refractivity contribution >= 4 is 5.91 Å². The fraction of sp³-hybridized carbons (Fsp3) is 0.421. The van der Waals surface area contributed by atoms with E-state index in [9.17, 15) is 4.79 Å². The van der Waals surface area contributed by atoms with E-state index in [0.29, 0.717) is 12.6 Å². The van der Waals surface area contributed by atoms with E-state index >= 15 is 0 Å². The fourth-order valence-electron chi connectivity index (χ4n) is 3.54. The molecule has 2 N–H and O–H groups in total. The van der Waals surface area contributed by atoms with Crippen LogP contribution in [0.5, 0.6) is 0 Å². The number of rotatable bonds is 4. The first-order valence-corrected chi connectivity index (χ1v) is 8.25. The molecule has 4 heteroatoms. The molecule has 3 rings (SSSR count). The van der Waals surface area contributed by atoms with Crippen molar-refractivity contribution in [3.63, 3.8) is 0 Å². The molecule has 4 nitrogen and oxygen atoms in total. The molecule has 1 aromatic carbocycles. The molecule has 0 spiro atoms. The summed E-state index contributed by atoms with van der Waals surface area (Å²) in [4.78, 5) is 12.5. The summed E-state index contributed by atoms with van der Waals surface area (Å²) in [5.41, 5.74) is 6.80. The van der Waals surface area contributed by atoms with E-state index in [1.165, 1.54) is 11.1 Å².